The molecule has 0 radical (unpaired) electrons. The van der Waals surface area contributed by atoms with Crippen LogP contribution < -0.4 is 4.90 Å². The van der Waals surface area contributed by atoms with Crippen LogP contribution in [0.3, 0.4) is 0 Å². The number of sulfone groups is 2. The van der Waals surface area contributed by atoms with Crippen LogP contribution in [0.25, 0.3) is 0 Å². The van der Waals surface area contributed by atoms with Gasteiger partial charge in [-0.25, -0.2) is 16.8 Å². The van der Waals surface area contributed by atoms with Gasteiger partial charge in [-0.2, -0.15) is 5.10 Å². The molecule has 0 N–H and O–H groups in total. The molecule has 148 valence electrons. The lowest BCUT2D eigenvalue weighted by Crippen LogP contribution is -2.25. The van der Waals surface area contributed by atoms with Gasteiger partial charge in [-0.15, -0.1) is 0 Å². The van der Waals surface area contributed by atoms with Crippen LogP contribution in [0.15, 0.2) is 28.0 Å². The van der Waals surface area contributed by atoms with Gasteiger partial charge in [0.1, 0.15) is 0 Å². The number of aromatic nitrogens is 2. The minimum atomic E-state index is -3.60. The Labute approximate surface area is 160 Å². The van der Waals surface area contributed by atoms with Crippen LogP contribution in [-0.2, 0) is 26.7 Å². The van der Waals surface area contributed by atoms with Crippen LogP contribution in [0.5, 0.6) is 0 Å². The van der Waals surface area contributed by atoms with Gasteiger partial charge in [-0.3, -0.25) is 4.68 Å². The van der Waals surface area contributed by atoms with Crippen molar-refractivity contribution in [2.24, 2.45) is 7.05 Å². The first-order chi connectivity index (χ1) is 12.4. The zero-order chi connectivity index (χ0) is 20.1. The van der Waals surface area contributed by atoms with E-state index in [1.54, 1.807) is 6.07 Å². The highest BCUT2D eigenvalue weighted by molar-refractivity contribution is 7.91. The molecule has 1 saturated heterocycles. The molecule has 0 spiro atoms. The lowest BCUT2D eigenvalue weighted by Gasteiger charge is -2.29. The normalized spacial score (nSPS) is 18.3. The Balaban J connectivity index is 2.17. The van der Waals surface area contributed by atoms with Crippen molar-refractivity contribution in [1.29, 1.82) is 0 Å². The molecule has 27 heavy (non-hydrogen) atoms. The third-order valence-corrected chi connectivity index (χ3v) is 7.46. The van der Waals surface area contributed by atoms with Gasteiger partial charge in [0.05, 0.1) is 27.2 Å². The molecule has 3 rings (SSSR count). The topological polar surface area (TPSA) is 89.3 Å². The van der Waals surface area contributed by atoms with Gasteiger partial charge >= 0.3 is 0 Å². The Morgan fingerprint density at radius 1 is 1.07 bits per heavy atom. The van der Waals surface area contributed by atoms with Crippen molar-refractivity contribution in [3.63, 3.8) is 0 Å². The van der Waals surface area contributed by atoms with E-state index in [9.17, 15) is 16.8 Å². The summed E-state index contributed by atoms with van der Waals surface area (Å²) in [6.07, 6.45) is 4.01. The van der Waals surface area contributed by atoms with E-state index in [1.807, 2.05) is 25.6 Å². The van der Waals surface area contributed by atoms with Crippen molar-refractivity contribution in [2.45, 2.75) is 42.5 Å². The first-order valence-corrected chi connectivity index (χ1v) is 12.5. The number of hydrogen-bond donors (Lipinski definition) is 0. The maximum Gasteiger partial charge on any atom is 0.177 e. The van der Waals surface area contributed by atoms with Gasteiger partial charge in [0.2, 0.25) is 0 Å². The molecule has 7 nitrogen and oxygen atoms in total. The molecule has 1 unspecified atom stereocenters. The third-order valence-electron chi connectivity index (χ3n) is 5.22. The van der Waals surface area contributed by atoms with Crippen LogP contribution in [0.4, 0.5) is 5.69 Å². The summed E-state index contributed by atoms with van der Waals surface area (Å²) in [6.45, 7) is 4.68. The predicted molar refractivity (Wildman–Crippen MR) is 105 cm³/mol. The summed E-state index contributed by atoms with van der Waals surface area (Å²) in [5.74, 6) is 0. The second-order valence-corrected chi connectivity index (χ2v) is 11.2. The average Bonchev–Trinajstić information content (AvgIpc) is 3.10. The summed E-state index contributed by atoms with van der Waals surface area (Å²) in [5, 5.41) is 4.49. The summed E-state index contributed by atoms with van der Waals surface area (Å²) in [4.78, 5) is 2.13. The van der Waals surface area contributed by atoms with Gasteiger partial charge in [-0.05, 0) is 44.9 Å². The summed E-state index contributed by atoms with van der Waals surface area (Å²) < 4.78 is 50.5. The van der Waals surface area contributed by atoms with E-state index in [4.69, 9.17) is 0 Å². The molecule has 2 heterocycles. The highest BCUT2D eigenvalue weighted by atomic mass is 32.2. The summed E-state index contributed by atoms with van der Waals surface area (Å²) in [7, 11) is -5.20. The number of benzene rings is 1. The Morgan fingerprint density at radius 3 is 2.26 bits per heavy atom. The molecule has 0 saturated carbocycles. The van der Waals surface area contributed by atoms with E-state index >= 15 is 0 Å². The fourth-order valence-corrected chi connectivity index (χ4v) is 5.51. The molecule has 0 aliphatic carbocycles. The summed E-state index contributed by atoms with van der Waals surface area (Å²) in [5.41, 5.74) is 3.65. The van der Waals surface area contributed by atoms with Gasteiger partial charge in [-0.1, -0.05) is 0 Å². The number of anilines is 1. The number of rotatable bonds is 4. The first kappa shape index (κ1) is 19.9. The SMILES string of the molecule is Cc1nn(C)c(C)c1C1CCCN1c1ccc(S(C)(=O)=O)cc1S(C)(=O)=O. The van der Waals surface area contributed by atoms with Crippen molar-refractivity contribution in [3.8, 4) is 0 Å². The van der Waals surface area contributed by atoms with E-state index in [1.165, 1.54) is 12.1 Å². The Kier molecular flexibility index (Phi) is 4.88. The van der Waals surface area contributed by atoms with Crippen molar-refractivity contribution in [3.05, 3.63) is 35.2 Å². The van der Waals surface area contributed by atoms with Crippen LogP contribution in [-0.4, -0.2) is 45.7 Å². The minimum absolute atomic E-state index is 0.0103. The number of aryl methyl sites for hydroxylation is 2. The molecule has 1 aromatic carbocycles. The van der Waals surface area contributed by atoms with Crippen LogP contribution in [0.2, 0.25) is 0 Å². The minimum Gasteiger partial charge on any atom is -0.363 e. The standard InChI is InChI=1S/C18H25N3O4S2/c1-12-18(13(2)20(3)19-12)16-7-6-10-21(16)15-9-8-14(26(4,22)23)11-17(15)27(5,24)25/h8-9,11,16H,6-7,10H2,1-5H3. The zero-order valence-corrected chi connectivity index (χ0v) is 17.9. The Morgan fingerprint density at radius 2 is 1.74 bits per heavy atom. The largest absolute Gasteiger partial charge is 0.363 e. The van der Waals surface area contributed by atoms with Crippen molar-refractivity contribution >= 4 is 25.4 Å². The van der Waals surface area contributed by atoms with Gasteiger partial charge in [0.25, 0.3) is 0 Å². The zero-order valence-electron chi connectivity index (χ0n) is 16.2. The fourth-order valence-electron chi connectivity index (χ4n) is 3.89. The molecular weight excluding hydrogens is 386 g/mol. The van der Waals surface area contributed by atoms with E-state index in [2.05, 4.69) is 10.00 Å². The second kappa shape index (κ2) is 6.63. The number of hydrogen-bond acceptors (Lipinski definition) is 6. The molecular formula is C18H25N3O4S2. The predicted octanol–water partition coefficient (Wildman–Crippen LogP) is 2.19. The molecule has 1 atom stereocenters. The van der Waals surface area contributed by atoms with Gasteiger partial charge in [0.15, 0.2) is 19.7 Å². The van der Waals surface area contributed by atoms with Crippen LogP contribution in [0, 0.1) is 13.8 Å². The molecule has 1 fully saturated rings. The molecule has 1 aliphatic rings. The van der Waals surface area contributed by atoms with E-state index < -0.39 is 19.7 Å². The molecule has 9 heteroatoms. The highest BCUT2D eigenvalue weighted by Crippen LogP contribution is 2.41. The van der Waals surface area contributed by atoms with E-state index in [0.717, 1.165) is 42.3 Å². The summed E-state index contributed by atoms with van der Waals surface area (Å²) >= 11 is 0. The number of nitrogens with zero attached hydrogens (tertiary/aromatic N) is 3. The van der Waals surface area contributed by atoms with Crippen molar-refractivity contribution in [2.75, 3.05) is 24.0 Å². The van der Waals surface area contributed by atoms with E-state index in [0.29, 0.717) is 12.2 Å². The van der Waals surface area contributed by atoms with E-state index in [-0.39, 0.29) is 15.8 Å². The Bertz CT molecular complexity index is 1100. The molecule has 0 bridgehead atoms. The van der Waals surface area contributed by atoms with Crippen LogP contribution >= 0.6 is 0 Å². The molecule has 1 aliphatic heterocycles. The second-order valence-electron chi connectivity index (χ2n) is 7.23. The molecule has 1 aromatic heterocycles. The highest BCUT2D eigenvalue weighted by Gasteiger charge is 2.33. The quantitative estimate of drug-likeness (QED) is 0.766. The lowest BCUT2D eigenvalue weighted by atomic mass is 10.0. The van der Waals surface area contributed by atoms with Crippen molar-refractivity contribution < 1.29 is 16.8 Å². The lowest BCUT2D eigenvalue weighted by molar-refractivity contribution is 0.599. The first-order valence-electron chi connectivity index (χ1n) is 8.72. The maximum absolute atomic E-state index is 12.4. The molecule has 2 aromatic rings. The van der Waals surface area contributed by atoms with Gasteiger partial charge in [0, 0.05) is 37.4 Å². The molecule has 0 amide bonds. The monoisotopic (exact) mass is 411 g/mol. The smallest absolute Gasteiger partial charge is 0.177 e. The Hall–Kier alpha value is -1.87. The fraction of sp³-hybridized carbons (Fsp3) is 0.500. The van der Waals surface area contributed by atoms with Crippen LogP contribution in [0.1, 0.15) is 35.8 Å². The van der Waals surface area contributed by atoms with Crippen molar-refractivity contribution in [1.82, 2.24) is 9.78 Å². The average molecular weight is 412 g/mol. The summed E-state index contributed by atoms with van der Waals surface area (Å²) in [6, 6.07) is 4.39. The van der Waals surface area contributed by atoms with Gasteiger partial charge < -0.3 is 4.90 Å². The third kappa shape index (κ3) is 3.62. The maximum atomic E-state index is 12.4.